The number of aryl methyl sites for hydroxylation is 1. The summed E-state index contributed by atoms with van der Waals surface area (Å²) in [5.74, 6) is -0.180. The lowest BCUT2D eigenvalue weighted by Gasteiger charge is -2.29. The summed E-state index contributed by atoms with van der Waals surface area (Å²) < 4.78 is 0. The molecule has 1 aromatic rings. The molecule has 1 saturated carbocycles. The van der Waals surface area contributed by atoms with Crippen LogP contribution in [0.15, 0.2) is 18.2 Å². The molecule has 0 saturated heterocycles. The molecule has 0 bridgehead atoms. The Morgan fingerprint density at radius 3 is 2.77 bits per heavy atom. The summed E-state index contributed by atoms with van der Waals surface area (Å²) >= 11 is 0. The highest BCUT2D eigenvalue weighted by molar-refractivity contribution is 6.07. The number of benzene rings is 1. The highest BCUT2D eigenvalue weighted by atomic mass is 16.2. The number of hydrogen-bond acceptors (Lipinski definition) is 3. The van der Waals surface area contributed by atoms with Gasteiger partial charge in [-0.2, -0.15) is 0 Å². The van der Waals surface area contributed by atoms with E-state index in [0.717, 1.165) is 24.8 Å². The van der Waals surface area contributed by atoms with Gasteiger partial charge in [0.1, 0.15) is 5.78 Å². The molecule has 1 aliphatic heterocycles. The first kappa shape index (κ1) is 14.9. The number of nitrogens with zero attached hydrogens (tertiary/aromatic N) is 1. The van der Waals surface area contributed by atoms with Crippen LogP contribution in [0.2, 0.25) is 0 Å². The summed E-state index contributed by atoms with van der Waals surface area (Å²) in [7, 11) is 0. The van der Waals surface area contributed by atoms with E-state index >= 15 is 0 Å². The molecule has 116 valence electrons. The van der Waals surface area contributed by atoms with Crippen LogP contribution >= 0.6 is 0 Å². The molecule has 1 amide bonds. The van der Waals surface area contributed by atoms with Gasteiger partial charge in [0.15, 0.2) is 5.78 Å². The smallest absolute Gasteiger partial charge is 0.255 e. The number of hydrogen-bond donors (Lipinski definition) is 0. The number of fused-ring (bicyclic) bond motifs is 1. The van der Waals surface area contributed by atoms with Gasteiger partial charge in [-0.25, -0.2) is 0 Å². The van der Waals surface area contributed by atoms with Crippen molar-refractivity contribution in [1.82, 2.24) is 4.90 Å². The zero-order valence-corrected chi connectivity index (χ0v) is 12.9. The SMILES string of the molecule is CCCCc1ccc2c(c1)CN(C1CCC(=O)CC1=O)C2=O. The first-order valence-corrected chi connectivity index (χ1v) is 8.07. The summed E-state index contributed by atoms with van der Waals surface area (Å²) in [5.41, 5.74) is 2.98. The van der Waals surface area contributed by atoms with Gasteiger partial charge in [-0.1, -0.05) is 25.5 Å². The van der Waals surface area contributed by atoms with Gasteiger partial charge in [0, 0.05) is 18.5 Å². The molecule has 2 aliphatic rings. The summed E-state index contributed by atoms with van der Waals surface area (Å²) in [4.78, 5) is 37.6. The maximum absolute atomic E-state index is 12.5. The highest BCUT2D eigenvalue weighted by Gasteiger charge is 2.38. The molecular weight excluding hydrogens is 278 g/mol. The molecule has 1 aliphatic carbocycles. The Kier molecular flexibility index (Phi) is 4.10. The molecule has 0 aromatic heterocycles. The molecule has 0 N–H and O–H groups in total. The quantitative estimate of drug-likeness (QED) is 0.803. The Bertz CT molecular complexity index is 635. The molecule has 1 fully saturated rings. The van der Waals surface area contributed by atoms with E-state index in [2.05, 4.69) is 13.0 Å². The van der Waals surface area contributed by atoms with Gasteiger partial charge in [0.2, 0.25) is 0 Å². The van der Waals surface area contributed by atoms with E-state index in [-0.39, 0.29) is 23.9 Å². The summed E-state index contributed by atoms with van der Waals surface area (Å²) in [6, 6.07) is 5.58. The first-order valence-electron chi connectivity index (χ1n) is 8.07. The molecule has 4 nitrogen and oxygen atoms in total. The van der Waals surface area contributed by atoms with Crippen molar-refractivity contribution in [2.75, 3.05) is 0 Å². The molecule has 0 radical (unpaired) electrons. The number of rotatable bonds is 4. The normalized spacial score (nSPS) is 21.4. The second kappa shape index (κ2) is 6.03. The van der Waals surface area contributed by atoms with E-state index < -0.39 is 6.04 Å². The van der Waals surface area contributed by atoms with Crippen LogP contribution in [0.25, 0.3) is 0 Å². The topological polar surface area (TPSA) is 54.5 Å². The largest absolute Gasteiger partial charge is 0.324 e. The van der Waals surface area contributed by atoms with Crippen LogP contribution in [0.1, 0.15) is 60.5 Å². The van der Waals surface area contributed by atoms with Crippen LogP contribution in [-0.2, 0) is 22.6 Å². The average molecular weight is 299 g/mol. The molecule has 0 spiro atoms. The fraction of sp³-hybridized carbons (Fsp3) is 0.500. The predicted octanol–water partition coefficient (Wildman–Crippen LogP) is 2.68. The van der Waals surface area contributed by atoms with Crippen molar-refractivity contribution in [2.45, 2.75) is 58.0 Å². The van der Waals surface area contributed by atoms with Crippen molar-refractivity contribution in [3.63, 3.8) is 0 Å². The van der Waals surface area contributed by atoms with Gasteiger partial charge in [0.25, 0.3) is 5.91 Å². The van der Waals surface area contributed by atoms with Gasteiger partial charge in [-0.15, -0.1) is 0 Å². The van der Waals surface area contributed by atoms with Crippen LogP contribution in [0.5, 0.6) is 0 Å². The standard InChI is InChI=1S/C18H21NO3/c1-2-3-4-12-5-7-15-13(9-12)11-19(18(15)22)16-8-6-14(20)10-17(16)21/h5,7,9,16H,2-4,6,8,10-11H2,1H3. The molecule has 1 atom stereocenters. The zero-order chi connectivity index (χ0) is 15.7. The molecule has 1 heterocycles. The first-order chi connectivity index (χ1) is 10.6. The number of Topliss-reactive ketones (excluding diaryl/α,β-unsaturated/α-hetero) is 2. The number of carbonyl (C=O) groups is 3. The van der Waals surface area contributed by atoms with Gasteiger partial charge in [-0.3, -0.25) is 14.4 Å². The monoisotopic (exact) mass is 299 g/mol. The van der Waals surface area contributed by atoms with Crippen LogP contribution in [0, 0.1) is 0 Å². The Labute approximate surface area is 130 Å². The van der Waals surface area contributed by atoms with E-state index in [1.54, 1.807) is 4.90 Å². The van der Waals surface area contributed by atoms with E-state index in [0.29, 0.717) is 24.9 Å². The van der Waals surface area contributed by atoms with Gasteiger partial charge >= 0.3 is 0 Å². The van der Waals surface area contributed by atoms with Crippen LogP contribution in [-0.4, -0.2) is 28.4 Å². The Balaban J connectivity index is 1.78. The van der Waals surface area contributed by atoms with Crippen molar-refractivity contribution in [1.29, 1.82) is 0 Å². The minimum atomic E-state index is -0.420. The predicted molar refractivity (Wildman–Crippen MR) is 82.6 cm³/mol. The third kappa shape index (κ3) is 2.70. The van der Waals surface area contributed by atoms with Crippen molar-refractivity contribution in [2.24, 2.45) is 0 Å². The highest BCUT2D eigenvalue weighted by Crippen LogP contribution is 2.29. The summed E-state index contributed by atoms with van der Waals surface area (Å²) in [6.07, 6.45) is 4.16. The van der Waals surface area contributed by atoms with Gasteiger partial charge in [0.05, 0.1) is 12.5 Å². The second-order valence-corrected chi connectivity index (χ2v) is 6.26. The average Bonchev–Trinajstić information content (AvgIpc) is 2.82. The Morgan fingerprint density at radius 1 is 1.23 bits per heavy atom. The number of carbonyl (C=O) groups excluding carboxylic acids is 3. The van der Waals surface area contributed by atoms with Gasteiger partial charge < -0.3 is 4.90 Å². The van der Waals surface area contributed by atoms with Crippen LogP contribution in [0.3, 0.4) is 0 Å². The number of amides is 1. The van der Waals surface area contributed by atoms with E-state index in [4.69, 9.17) is 0 Å². The van der Waals surface area contributed by atoms with Crippen molar-refractivity contribution in [3.8, 4) is 0 Å². The fourth-order valence-electron chi connectivity index (χ4n) is 3.37. The van der Waals surface area contributed by atoms with Crippen molar-refractivity contribution >= 4 is 17.5 Å². The van der Waals surface area contributed by atoms with E-state index in [1.165, 1.54) is 5.56 Å². The summed E-state index contributed by atoms with van der Waals surface area (Å²) in [5, 5.41) is 0. The van der Waals surface area contributed by atoms with Crippen LogP contribution < -0.4 is 0 Å². The molecule has 3 rings (SSSR count). The minimum Gasteiger partial charge on any atom is -0.324 e. The molecule has 1 aromatic carbocycles. The molecule has 1 unspecified atom stereocenters. The third-order valence-electron chi connectivity index (χ3n) is 4.64. The molecular formula is C18H21NO3. The summed E-state index contributed by atoms with van der Waals surface area (Å²) in [6.45, 7) is 2.66. The van der Waals surface area contributed by atoms with Crippen molar-refractivity contribution < 1.29 is 14.4 Å². The fourth-order valence-corrected chi connectivity index (χ4v) is 3.37. The lowest BCUT2D eigenvalue weighted by Crippen LogP contribution is -2.44. The number of ketones is 2. The molecule has 22 heavy (non-hydrogen) atoms. The number of unbranched alkanes of at least 4 members (excludes halogenated alkanes) is 1. The van der Waals surface area contributed by atoms with E-state index in [1.807, 2.05) is 12.1 Å². The van der Waals surface area contributed by atoms with Crippen molar-refractivity contribution in [3.05, 3.63) is 34.9 Å². The Morgan fingerprint density at radius 2 is 2.05 bits per heavy atom. The lowest BCUT2D eigenvalue weighted by atomic mass is 9.92. The minimum absolute atomic E-state index is 0.00716. The third-order valence-corrected chi connectivity index (χ3v) is 4.64. The lowest BCUT2D eigenvalue weighted by molar-refractivity contribution is -0.133. The zero-order valence-electron chi connectivity index (χ0n) is 12.9. The maximum Gasteiger partial charge on any atom is 0.255 e. The maximum atomic E-state index is 12.5. The second-order valence-electron chi connectivity index (χ2n) is 6.26. The van der Waals surface area contributed by atoms with Crippen LogP contribution in [0.4, 0.5) is 0 Å². The van der Waals surface area contributed by atoms with E-state index in [9.17, 15) is 14.4 Å². The van der Waals surface area contributed by atoms with Gasteiger partial charge in [-0.05, 0) is 36.5 Å². The Hall–Kier alpha value is -1.97. The molecule has 4 heteroatoms.